The zero-order valence-electron chi connectivity index (χ0n) is 7.29. The van der Waals surface area contributed by atoms with Crippen molar-refractivity contribution in [3.8, 4) is 0 Å². The molecule has 0 atom stereocenters. The number of aryl methyl sites for hydroxylation is 1. The van der Waals surface area contributed by atoms with Crippen molar-refractivity contribution in [1.82, 2.24) is 0 Å². The van der Waals surface area contributed by atoms with Crippen molar-refractivity contribution in [2.75, 3.05) is 11.4 Å². The maximum absolute atomic E-state index is 4.01. The van der Waals surface area contributed by atoms with Crippen molar-refractivity contribution >= 4 is 22.5 Å². The number of hydrogen-bond donors (Lipinski definition) is 0. The van der Waals surface area contributed by atoms with Crippen LogP contribution in [0.1, 0.15) is 11.1 Å². The summed E-state index contributed by atoms with van der Waals surface area (Å²) in [6.45, 7) is 6.12. The summed E-state index contributed by atoms with van der Waals surface area (Å²) in [6.07, 6.45) is 0. The van der Waals surface area contributed by atoms with Crippen LogP contribution in [-0.4, -0.2) is 7.05 Å². The highest BCUT2D eigenvalue weighted by molar-refractivity contribution is 8.10. The molecule has 0 aliphatic carbocycles. The van der Waals surface area contributed by atoms with Crippen molar-refractivity contribution in [1.29, 1.82) is 0 Å². The Kier molecular flexibility index (Phi) is 1.65. The van der Waals surface area contributed by atoms with E-state index in [1.807, 2.05) is 0 Å². The van der Waals surface area contributed by atoms with E-state index in [2.05, 4.69) is 43.1 Å². The molecule has 1 nitrogen and oxygen atoms in total. The molecule has 1 aliphatic heterocycles. The zero-order valence-corrected chi connectivity index (χ0v) is 8.11. The molecule has 12 heavy (non-hydrogen) atoms. The van der Waals surface area contributed by atoms with Crippen LogP contribution in [0, 0.1) is 6.92 Å². The Balaban J connectivity index is 2.60. The third kappa shape index (κ3) is 1.03. The topological polar surface area (TPSA) is 3.24 Å². The fourth-order valence-electron chi connectivity index (χ4n) is 1.41. The van der Waals surface area contributed by atoms with E-state index in [0.29, 0.717) is 0 Å². The summed E-state index contributed by atoms with van der Waals surface area (Å²) in [4.78, 5) is 1.15. The molecule has 2 rings (SSSR count). The molecule has 0 spiro atoms. The first-order chi connectivity index (χ1) is 5.68. The van der Waals surface area contributed by atoms with Crippen LogP contribution in [0.4, 0.5) is 5.69 Å². The van der Waals surface area contributed by atoms with Crippen LogP contribution in [0.5, 0.6) is 0 Å². The molecule has 0 saturated carbocycles. The highest BCUT2D eigenvalue weighted by Gasteiger charge is 2.19. The second-order valence-electron chi connectivity index (χ2n) is 3.03. The minimum atomic E-state index is 1.15. The standard InChI is InChI=1S/C10H11NS/c1-7-4-5-10-9(6-7)8(2)12-11(10)3/h4-6H,2H2,1,3H3. The van der Waals surface area contributed by atoms with Gasteiger partial charge in [-0.25, -0.2) is 0 Å². The fourth-order valence-corrected chi connectivity index (χ4v) is 2.26. The zero-order chi connectivity index (χ0) is 8.72. The van der Waals surface area contributed by atoms with Gasteiger partial charge in [0.2, 0.25) is 0 Å². The van der Waals surface area contributed by atoms with Crippen LogP contribution in [-0.2, 0) is 0 Å². The Labute approximate surface area is 77.2 Å². The third-order valence-electron chi connectivity index (χ3n) is 2.04. The molecule has 0 radical (unpaired) electrons. The van der Waals surface area contributed by atoms with Gasteiger partial charge in [-0.15, -0.1) is 0 Å². The van der Waals surface area contributed by atoms with Crippen LogP contribution in [0.15, 0.2) is 24.8 Å². The second kappa shape index (κ2) is 2.56. The number of benzene rings is 1. The quantitative estimate of drug-likeness (QED) is 0.560. The maximum atomic E-state index is 4.01. The molecular weight excluding hydrogens is 166 g/mol. The van der Waals surface area contributed by atoms with Crippen LogP contribution in [0.2, 0.25) is 0 Å². The van der Waals surface area contributed by atoms with Gasteiger partial charge in [0.05, 0.1) is 5.69 Å². The van der Waals surface area contributed by atoms with Crippen molar-refractivity contribution in [3.63, 3.8) is 0 Å². The number of anilines is 1. The number of hydrogen-bond acceptors (Lipinski definition) is 2. The predicted octanol–water partition coefficient (Wildman–Crippen LogP) is 3.06. The van der Waals surface area contributed by atoms with Gasteiger partial charge in [-0.05, 0) is 31.0 Å². The lowest BCUT2D eigenvalue weighted by Gasteiger charge is -2.08. The normalized spacial score (nSPS) is 15.2. The van der Waals surface area contributed by atoms with Gasteiger partial charge >= 0.3 is 0 Å². The van der Waals surface area contributed by atoms with Crippen molar-refractivity contribution in [2.45, 2.75) is 6.92 Å². The third-order valence-corrected chi connectivity index (χ3v) is 2.95. The first-order valence-electron chi connectivity index (χ1n) is 3.90. The second-order valence-corrected chi connectivity index (χ2v) is 4.26. The monoisotopic (exact) mass is 177 g/mol. The minimum Gasteiger partial charge on any atom is -0.315 e. The molecule has 62 valence electrons. The molecule has 0 aromatic heterocycles. The molecule has 0 saturated heterocycles. The average molecular weight is 177 g/mol. The van der Waals surface area contributed by atoms with Gasteiger partial charge in [0, 0.05) is 17.5 Å². The van der Waals surface area contributed by atoms with E-state index in [0.717, 1.165) is 4.91 Å². The van der Waals surface area contributed by atoms with E-state index in [1.165, 1.54) is 16.8 Å². The Morgan fingerprint density at radius 1 is 1.42 bits per heavy atom. The summed E-state index contributed by atoms with van der Waals surface area (Å²) < 4.78 is 2.15. The molecule has 2 heteroatoms. The van der Waals surface area contributed by atoms with E-state index in [9.17, 15) is 0 Å². The molecule has 0 bridgehead atoms. The Morgan fingerprint density at radius 3 is 2.92 bits per heavy atom. The molecular formula is C10H11NS. The largest absolute Gasteiger partial charge is 0.315 e. The summed E-state index contributed by atoms with van der Waals surface area (Å²) in [5.41, 5.74) is 3.85. The van der Waals surface area contributed by atoms with E-state index in [-0.39, 0.29) is 0 Å². The lowest BCUT2D eigenvalue weighted by Crippen LogP contribution is -1.99. The summed E-state index contributed by atoms with van der Waals surface area (Å²) in [5, 5.41) is 0. The molecule has 0 fully saturated rings. The van der Waals surface area contributed by atoms with Gasteiger partial charge in [0.15, 0.2) is 0 Å². The Morgan fingerprint density at radius 2 is 2.17 bits per heavy atom. The highest BCUT2D eigenvalue weighted by atomic mass is 32.2. The molecule has 1 aromatic carbocycles. The van der Waals surface area contributed by atoms with Gasteiger partial charge in [-0.2, -0.15) is 0 Å². The van der Waals surface area contributed by atoms with Gasteiger partial charge in [-0.3, -0.25) is 0 Å². The summed E-state index contributed by atoms with van der Waals surface area (Å²) >= 11 is 1.70. The lowest BCUT2D eigenvalue weighted by molar-refractivity contribution is 1.35. The first kappa shape index (κ1) is 7.74. The number of nitrogens with zero attached hydrogens (tertiary/aromatic N) is 1. The Hall–Kier alpha value is -0.890. The number of fused-ring (bicyclic) bond motifs is 1. The summed E-state index contributed by atoms with van der Waals surface area (Å²) in [7, 11) is 2.07. The van der Waals surface area contributed by atoms with E-state index in [1.54, 1.807) is 11.9 Å². The molecule has 1 heterocycles. The average Bonchev–Trinajstić information content (AvgIpc) is 2.28. The smallest absolute Gasteiger partial charge is 0.0554 e. The van der Waals surface area contributed by atoms with Gasteiger partial charge in [-0.1, -0.05) is 18.2 Å². The van der Waals surface area contributed by atoms with Crippen LogP contribution < -0.4 is 4.31 Å². The Bertz CT molecular complexity index is 344. The minimum absolute atomic E-state index is 1.15. The highest BCUT2D eigenvalue weighted by Crippen LogP contribution is 2.44. The van der Waals surface area contributed by atoms with Gasteiger partial charge < -0.3 is 4.31 Å². The van der Waals surface area contributed by atoms with Gasteiger partial charge in [0.1, 0.15) is 0 Å². The first-order valence-corrected chi connectivity index (χ1v) is 4.67. The van der Waals surface area contributed by atoms with E-state index < -0.39 is 0 Å². The molecule has 0 amide bonds. The van der Waals surface area contributed by atoms with Gasteiger partial charge in [0.25, 0.3) is 0 Å². The summed E-state index contributed by atoms with van der Waals surface area (Å²) in [6, 6.07) is 6.47. The van der Waals surface area contributed by atoms with Crippen molar-refractivity contribution in [3.05, 3.63) is 35.9 Å². The molecule has 0 unspecified atom stereocenters. The van der Waals surface area contributed by atoms with Crippen molar-refractivity contribution < 1.29 is 0 Å². The lowest BCUT2D eigenvalue weighted by atomic mass is 10.1. The number of rotatable bonds is 0. The maximum Gasteiger partial charge on any atom is 0.0554 e. The van der Waals surface area contributed by atoms with E-state index >= 15 is 0 Å². The van der Waals surface area contributed by atoms with Crippen LogP contribution >= 0.6 is 11.9 Å². The molecule has 1 aromatic rings. The molecule has 1 aliphatic rings. The van der Waals surface area contributed by atoms with Crippen LogP contribution in [0.3, 0.4) is 0 Å². The van der Waals surface area contributed by atoms with E-state index in [4.69, 9.17) is 0 Å². The fraction of sp³-hybridized carbons (Fsp3) is 0.200. The van der Waals surface area contributed by atoms with Crippen molar-refractivity contribution in [2.24, 2.45) is 0 Å². The van der Waals surface area contributed by atoms with Crippen LogP contribution in [0.25, 0.3) is 4.91 Å². The SMILES string of the molecule is C=C1SN(C)c2ccc(C)cc21. The predicted molar refractivity (Wildman–Crippen MR) is 56.2 cm³/mol. The summed E-state index contributed by atoms with van der Waals surface area (Å²) in [5.74, 6) is 0. The molecule has 0 N–H and O–H groups in total.